The molecule has 19 heteroatoms. The molecule has 7 rings (SSSR count). The number of allylic oxidation sites excluding steroid dienone is 1. The summed E-state index contributed by atoms with van der Waals surface area (Å²) in [5.41, 5.74) is -5.28. The number of carboxylic acid groups (broad SMARTS) is 1. The molecule has 5 aliphatic rings. The molecule has 298 valence electrons. The fourth-order valence-electron chi connectivity index (χ4n) is 8.07. The summed E-state index contributed by atoms with van der Waals surface area (Å²) in [5, 5.41) is 26.3. The Kier molecular flexibility index (Phi) is 9.50. The van der Waals surface area contributed by atoms with E-state index in [0.717, 1.165) is 4.90 Å². The van der Waals surface area contributed by atoms with Crippen LogP contribution >= 0.6 is 0 Å². The number of sulfonamides is 1. The van der Waals surface area contributed by atoms with Gasteiger partial charge in [0, 0.05) is 29.7 Å². The van der Waals surface area contributed by atoms with Crippen molar-refractivity contribution in [3.8, 4) is 11.5 Å². The van der Waals surface area contributed by atoms with Crippen LogP contribution in [0.1, 0.15) is 88.5 Å². The summed E-state index contributed by atoms with van der Waals surface area (Å²) >= 11 is 0. The molecule has 4 amide bonds. The highest BCUT2D eigenvalue weighted by molar-refractivity contribution is 7.91. The summed E-state index contributed by atoms with van der Waals surface area (Å²) in [5.74, 6) is -3.88. The molecule has 1 saturated heterocycles. The molecule has 2 aromatic rings. The minimum Gasteiger partial charge on any atom is -0.497 e. The Morgan fingerprint density at radius 1 is 1.13 bits per heavy atom. The highest BCUT2D eigenvalue weighted by Gasteiger charge is 2.64. The largest absolute Gasteiger partial charge is 0.497 e. The molecule has 0 unspecified atom stereocenters. The zero-order chi connectivity index (χ0) is 39.7. The number of fused-ring (bicyclic) bond motifs is 5. The van der Waals surface area contributed by atoms with Crippen molar-refractivity contribution in [1.29, 1.82) is 0 Å². The Labute approximate surface area is 314 Å². The summed E-state index contributed by atoms with van der Waals surface area (Å²) in [6, 6.07) is 1.25. The number of aliphatic hydroxyl groups is 1. The number of hydrogen-bond acceptors (Lipinski definition) is 10. The summed E-state index contributed by atoms with van der Waals surface area (Å²) in [6.07, 6.45) is -2.54. The Morgan fingerprint density at radius 2 is 1.87 bits per heavy atom. The summed E-state index contributed by atoms with van der Waals surface area (Å²) in [4.78, 5) is 59.3. The number of methoxy groups -OCH3 is 1. The van der Waals surface area contributed by atoms with Gasteiger partial charge in [0.1, 0.15) is 29.0 Å². The number of alkyl halides is 3. The molecule has 1 aromatic carbocycles. The highest BCUT2D eigenvalue weighted by atomic mass is 32.2. The molecule has 3 aliphatic heterocycles. The number of nitrogens with zero attached hydrogens (tertiary/aromatic N) is 2. The Morgan fingerprint density at radius 3 is 2.55 bits per heavy atom. The van der Waals surface area contributed by atoms with E-state index in [9.17, 15) is 51.0 Å². The van der Waals surface area contributed by atoms with Crippen molar-refractivity contribution in [3.63, 3.8) is 0 Å². The van der Waals surface area contributed by atoms with Gasteiger partial charge in [-0.1, -0.05) is 25.0 Å². The first kappa shape index (κ1) is 38.6. The van der Waals surface area contributed by atoms with Crippen LogP contribution in [0.2, 0.25) is 0 Å². The van der Waals surface area contributed by atoms with E-state index in [1.165, 1.54) is 32.2 Å². The number of hydrogen-bond donors (Lipinski definition) is 5. The molecule has 2 saturated carbocycles. The molecule has 1 spiro atoms. The van der Waals surface area contributed by atoms with E-state index in [4.69, 9.17) is 9.47 Å². The molecule has 55 heavy (non-hydrogen) atoms. The molecule has 2 aliphatic carbocycles. The third-order valence-corrected chi connectivity index (χ3v) is 13.7. The third kappa shape index (κ3) is 7.04. The van der Waals surface area contributed by atoms with Crippen molar-refractivity contribution < 1.29 is 60.5 Å². The number of rotatable bonds is 5. The summed E-state index contributed by atoms with van der Waals surface area (Å²) < 4.78 is 82.6. The number of carbonyl (C=O) groups is 4. The van der Waals surface area contributed by atoms with Crippen LogP contribution in [0.5, 0.6) is 11.5 Å². The average molecular weight is 794 g/mol. The molecular weight excluding hydrogens is 751 g/mol. The van der Waals surface area contributed by atoms with Crippen LogP contribution < -0.4 is 24.8 Å². The number of aliphatic hydroxyl groups excluding tert-OH is 1. The van der Waals surface area contributed by atoms with Gasteiger partial charge < -0.3 is 35.2 Å². The minimum absolute atomic E-state index is 0.0298. The first-order valence-electron chi connectivity index (χ1n) is 18.1. The van der Waals surface area contributed by atoms with E-state index in [0.29, 0.717) is 38.5 Å². The van der Waals surface area contributed by atoms with Gasteiger partial charge in [-0.3, -0.25) is 19.1 Å². The SMILES string of the molecule is COc1ccc2nc(C(F)(F)F)c3c(c2c1)[C@H](O)C[C@]1(C[C@H]2C(=O)N[C@]4(C(=O)NS(=O)(=O)C5(C)CC5)C[C@H]4/C=C\CCCCC[C@H](NC(=O)O)C(=O)N2C1)O3. The lowest BCUT2D eigenvalue weighted by Gasteiger charge is -2.39. The number of nitrogens with one attached hydrogen (secondary N) is 3. The van der Waals surface area contributed by atoms with Crippen LogP contribution in [0.25, 0.3) is 10.9 Å². The van der Waals surface area contributed by atoms with E-state index < -0.39 is 104 Å². The number of halogens is 3. The quantitative estimate of drug-likeness (QED) is 0.277. The Bertz CT molecular complexity index is 2090. The van der Waals surface area contributed by atoms with Crippen molar-refractivity contribution in [3.05, 3.63) is 41.6 Å². The first-order valence-corrected chi connectivity index (χ1v) is 19.6. The van der Waals surface area contributed by atoms with E-state index in [1.54, 1.807) is 6.08 Å². The molecule has 3 fully saturated rings. The van der Waals surface area contributed by atoms with Crippen LogP contribution in [0.3, 0.4) is 0 Å². The lowest BCUT2D eigenvalue weighted by molar-refractivity contribution is -0.145. The van der Waals surface area contributed by atoms with Crippen LogP contribution in [0.15, 0.2) is 30.4 Å². The van der Waals surface area contributed by atoms with Gasteiger partial charge in [-0.2, -0.15) is 13.2 Å². The molecule has 0 bridgehead atoms. The second-order valence-electron chi connectivity index (χ2n) is 15.5. The lowest BCUT2D eigenvalue weighted by atomic mass is 9.85. The van der Waals surface area contributed by atoms with Gasteiger partial charge in [0.25, 0.3) is 5.91 Å². The van der Waals surface area contributed by atoms with Crippen LogP contribution in [-0.4, -0.2) is 94.0 Å². The predicted octanol–water partition coefficient (Wildman–Crippen LogP) is 3.45. The summed E-state index contributed by atoms with van der Waals surface area (Å²) in [7, 11) is -2.76. The van der Waals surface area contributed by atoms with Crippen molar-refractivity contribution >= 4 is 44.7 Å². The fraction of sp³-hybridized carbons (Fsp3) is 0.583. The number of aromatic nitrogens is 1. The Balaban J connectivity index is 1.29. The number of pyridine rings is 1. The maximum Gasteiger partial charge on any atom is 0.437 e. The zero-order valence-corrected chi connectivity index (χ0v) is 30.9. The second kappa shape index (κ2) is 13.5. The molecule has 15 nitrogen and oxygen atoms in total. The van der Waals surface area contributed by atoms with Crippen molar-refractivity contribution in [1.82, 2.24) is 25.2 Å². The van der Waals surface area contributed by atoms with E-state index in [2.05, 4.69) is 20.3 Å². The molecule has 0 radical (unpaired) electrons. The van der Waals surface area contributed by atoms with Gasteiger partial charge in [0.05, 0.1) is 30.0 Å². The Hall–Kier alpha value is -4.65. The van der Waals surface area contributed by atoms with Gasteiger partial charge in [0.15, 0.2) is 11.4 Å². The van der Waals surface area contributed by atoms with Crippen LogP contribution in [0.4, 0.5) is 18.0 Å². The van der Waals surface area contributed by atoms with E-state index in [1.807, 2.05) is 6.08 Å². The number of ether oxygens (including phenoxy) is 2. The monoisotopic (exact) mass is 793 g/mol. The molecule has 4 heterocycles. The minimum atomic E-state index is -5.06. The van der Waals surface area contributed by atoms with Crippen molar-refractivity contribution in [2.45, 2.75) is 111 Å². The smallest absolute Gasteiger partial charge is 0.437 e. The molecule has 1 aromatic heterocycles. The normalized spacial score (nSPS) is 31.1. The molecule has 6 atom stereocenters. The topological polar surface area (TPSA) is 214 Å². The maximum absolute atomic E-state index is 14.6. The maximum atomic E-state index is 14.6. The zero-order valence-electron chi connectivity index (χ0n) is 30.1. The standard InChI is InChI=1S/C36H42F3N5O10S/c1-33(12-13-33)55(51,52)43-31(48)35-15-19(35)8-6-4-3-5-7-9-23(41-32(49)50)30(47)44-18-34(16-24(44)29(46)42-35)17-25(45)26-21-14-20(53-2)10-11-22(21)40-28(27(26)54-34)36(37,38)39/h6,8,10-11,14,19,23-25,41,45H,3-5,7,9,12-13,15-18H2,1-2H3,(H,42,46)(H,43,48)(H,49,50)/b8-6-/t19-,23+,24+,25-,34+,35-/m1/s1. The summed E-state index contributed by atoms with van der Waals surface area (Å²) in [6.45, 7) is 0.958. The van der Waals surface area contributed by atoms with Gasteiger partial charge in [-0.25, -0.2) is 18.2 Å². The number of benzene rings is 1. The third-order valence-electron chi connectivity index (χ3n) is 11.6. The number of carbonyl (C=O) groups excluding carboxylic acids is 3. The second-order valence-corrected chi connectivity index (χ2v) is 17.7. The average Bonchev–Trinajstić information content (AvgIpc) is 4.00. The van der Waals surface area contributed by atoms with Crippen molar-refractivity contribution in [2.75, 3.05) is 13.7 Å². The van der Waals surface area contributed by atoms with Crippen LogP contribution in [0, 0.1) is 5.92 Å². The van der Waals surface area contributed by atoms with Gasteiger partial charge in [-0.05, 0) is 63.6 Å². The van der Waals surface area contributed by atoms with Crippen molar-refractivity contribution in [2.24, 2.45) is 5.92 Å². The first-order chi connectivity index (χ1) is 25.8. The van der Waals surface area contributed by atoms with Gasteiger partial charge in [-0.15, -0.1) is 0 Å². The molecule has 5 N–H and O–H groups in total. The van der Waals surface area contributed by atoms with Gasteiger partial charge >= 0.3 is 12.3 Å². The number of amides is 4. The predicted molar refractivity (Wildman–Crippen MR) is 187 cm³/mol. The van der Waals surface area contributed by atoms with Gasteiger partial charge in [0.2, 0.25) is 21.8 Å². The van der Waals surface area contributed by atoms with Crippen LogP contribution in [-0.2, 0) is 30.6 Å². The lowest BCUT2D eigenvalue weighted by Crippen LogP contribution is -2.58. The highest BCUT2D eigenvalue weighted by Crippen LogP contribution is 2.53. The van der Waals surface area contributed by atoms with E-state index in [-0.39, 0.29) is 41.5 Å². The van der Waals surface area contributed by atoms with E-state index >= 15 is 0 Å². The fourth-order valence-corrected chi connectivity index (χ4v) is 9.38. The molecular formula is C36H42F3N5O10S.